The number of rotatable bonds is 4. The predicted molar refractivity (Wildman–Crippen MR) is 88.0 cm³/mol. The van der Waals surface area contributed by atoms with Crippen molar-refractivity contribution in [3.05, 3.63) is 59.2 Å². The van der Waals surface area contributed by atoms with Crippen LogP contribution in [0.3, 0.4) is 0 Å². The molecule has 24 heavy (non-hydrogen) atoms. The minimum absolute atomic E-state index is 0.133. The van der Waals surface area contributed by atoms with E-state index in [0.717, 1.165) is 18.4 Å². The molecule has 1 aliphatic heterocycles. The maximum Gasteiger partial charge on any atom is 0.270 e. The summed E-state index contributed by atoms with van der Waals surface area (Å²) in [6.45, 7) is 1.26. The second kappa shape index (κ2) is 6.86. The van der Waals surface area contributed by atoms with Gasteiger partial charge in [0.15, 0.2) is 0 Å². The fraction of sp³-hybridized carbons (Fsp3) is 0.333. The van der Waals surface area contributed by atoms with E-state index in [1.807, 2.05) is 12.1 Å². The second-order valence-electron chi connectivity index (χ2n) is 6.20. The molecule has 1 aliphatic rings. The van der Waals surface area contributed by atoms with Gasteiger partial charge >= 0.3 is 0 Å². The first kappa shape index (κ1) is 16.2. The van der Waals surface area contributed by atoms with Crippen molar-refractivity contribution in [3.63, 3.8) is 0 Å². The average molecular weight is 329 g/mol. The van der Waals surface area contributed by atoms with E-state index in [1.54, 1.807) is 11.0 Å². The van der Waals surface area contributed by atoms with Crippen molar-refractivity contribution in [2.24, 2.45) is 11.7 Å². The number of halogens is 1. The van der Waals surface area contributed by atoms with Gasteiger partial charge in [-0.15, -0.1) is 0 Å². The number of likely N-dealkylation sites (tertiary alicyclic amines) is 1. The van der Waals surface area contributed by atoms with E-state index in [1.165, 1.54) is 18.3 Å². The quantitative estimate of drug-likeness (QED) is 0.903. The molecule has 0 saturated carbocycles. The van der Waals surface area contributed by atoms with Crippen molar-refractivity contribution in [1.82, 2.24) is 9.88 Å². The van der Waals surface area contributed by atoms with Crippen molar-refractivity contribution in [1.29, 1.82) is 0 Å². The summed E-state index contributed by atoms with van der Waals surface area (Å²) in [5.41, 5.74) is 6.60. The van der Waals surface area contributed by atoms with Crippen LogP contribution in [0.2, 0.25) is 0 Å². The number of primary amides is 1. The van der Waals surface area contributed by atoms with Crippen LogP contribution in [-0.2, 0) is 6.42 Å². The van der Waals surface area contributed by atoms with E-state index in [-0.39, 0.29) is 11.7 Å². The Hall–Kier alpha value is -2.63. The fourth-order valence-corrected chi connectivity index (χ4v) is 3.15. The van der Waals surface area contributed by atoms with Gasteiger partial charge in [-0.1, -0.05) is 18.2 Å². The molecule has 1 fully saturated rings. The minimum atomic E-state index is -0.561. The largest absolute Gasteiger partial charge is 0.366 e. The Morgan fingerprint density at radius 2 is 1.96 bits per heavy atom. The Morgan fingerprint density at radius 1 is 1.25 bits per heavy atom. The lowest BCUT2D eigenvalue weighted by atomic mass is 9.90. The summed E-state index contributed by atoms with van der Waals surface area (Å²) in [6, 6.07) is 8.32. The SMILES string of the molecule is NC(=O)c1c[nH]c(C(=O)N2CCC(Cc3ccccc3F)CC2)c1. The maximum atomic E-state index is 13.7. The fourth-order valence-electron chi connectivity index (χ4n) is 3.15. The topological polar surface area (TPSA) is 79.2 Å². The van der Waals surface area contributed by atoms with Crippen molar-refractivity contribution in [2.75, 3.05) is 13.1 Å². The standard InChI is InChI=1S/C18H20FN3O2/c19-15-4-2-1-3-13(15)9-12-5-7-22(8-6-12)18(24)16-10-14(11-21-16)17(20)23/h1-4,10-12,21H,5-9H2,(H2,20,23). The molecule has 5 nitrogen and oxygen atoms in total. The average Bonchev–Trinajstić information content (AvgIpc) is 3.07. The third-order valence-electron chi connectivity index (χ3n) is 4.57. The van der Waals surface area contributed by atoms with Gasteiger partial charge in [-0.05, 0) is 42.9 Å². The molecule has 6 heteroatoms. The molecular weight excluding hydrogens is 309 g/mol. The Kier molecular flexibility index (Phi) is 4.64. The summed E-state index contributed by atoms with van der Waals surface area (Å²) in [6.07, 6.45) is 3.82. The Bertz CT molecular complexity index is 748. The van der Waals surface area contributed by atoms with Crippen LogP contribution in [0.25, 0.3) is 0 Å². The normalized spacial score (nSPS) is 15.5. The van der Waals surface area contributed by atoms with E-state index in [9.17, 15) is 14.0 Å². The number of aromatic nitrogens is 1. The number of benzene rings is 1. The first-order chi connectivity index (χ1) is 11.5. The predicted octanol–water partition coefficient (Wildman–Crippen LogP) is 2.35. The zero-order valence-electron chi connectivity index (χ0n) is 13.3. The molecule has 0 aliphatic carbocycles. The first-order valence-corrected chi connectivity index (χ1v) is 8.05. The van der Waals surface area contributed by atoms with Crippen LogP contribution in [0.4, 0.5) is 4.39 Å². The number of nitrogens with one attached hydrogen (secondary N) is 1. The number of nitrogens with zero attached hydrogens (tertiary/aromatic N) is 1. The number of amides is 2. The highest BCUT2D eigenvalue weighted by Crippen LogP contribution is 2.24. The Morgan fingerprint density at radius 3 is 2.58 bits per heavy atom. The highest BCUT2D eigenvalue weighted by Gasteiger charge is 2.25. The van der Waals surface area contributed by atoms with Gasteiger partial charge in [0.2, 0.25) is 5.91 Å². The molecule has 2 heterocycles. The second-order valence-corrected chi connectivity index (χ2v) is 6.20. The molecule has 1 aromatic carbocycles. The van der Waals surface area contributed by atoms with Gasteiger partial charge in [0, 0.05) is 19.3 Å². The van der Waals surface area contributed by atoms with Gasteiger partial charge in [0.05, 0.1) is 5.56 Å². The zero-order valence-corrected chi connectivity index (χ0v) is 13.3. The third kappa shape index (κ3) is 3.48. The van der Waals surface area contributed by atoms with Crippen molar-refractivity contribution >= 4 is 11.8 Å². The van der Waals surface area contributed by atoms with Crippen LogP contribution in [-0.4, -0.2) is 34.8 Å². The lowest BCUT2D eigenvalue weighted by Gasteiger charge is -2.32. The minimum Gasteiger partial charge on any atom is -0.366 e. The number of hydrogen-bond donors (Lipinski definition) is 2. The molecule has 126 valence electrons. The van der Waals surface area contributed by atoms with Crippen molar-refractivity contribution < 1.29 is 14.0 Å². The molecular formula is C18H20FN3O2. The van der Waals surface area contributed by atoms with E-state index in [2.05, 4.69) is 4.98 Å². The molecule has 0 spiro atoms. The number of carbonyl (C=O) groups excluding carboxylic acids is 2. The first-order valence-electron chi connectivity index (χ1n) is 8.05. The number of aromatic amines is 1. The van der Waals surface area contributed by atoms with Gasteiger partial charge in [0.25, 0.3) is 5.91 Å². The van der Waals surface area contributed by atoms with E-state index >= 15 is 0 Å². The van der Waals surface area contributed by atoms with E-state index < -0.39 is 5.91 Å². The molecule has 2 aromatic rings. The van der Waals surface area contributed by atoms with Crippen LogP contribution in [0.5, 0.6) is 0 Å². The number of piperidine rings is 1. The molecule has 0 bridgehead atoms. The molecule has 0 unspecified atom stereocenters. The Balaban J connectivity index is 1.57. The van der Waals surface area contributed by atoms with Crippen molar-refractivity contribution in [2.45, 2.75) is 19.3 Å². The van der Waals surface area contributed by atoms with Gasteiger partial charge in [-0.25, -0.2) is 4.39 Å². The van der Waals surface area contributed by atoms with Crippen LogP contribution in [0, 0.1) is 11.7 Å². The maximum absolute atomic E-state index is 13.7. The molecule has 0 atom stereocenters. The number of carbonyl (C=O) groups is 2. The van der Waals surface area contributed by atoms with Gasteiger partial charge in [-0.3, -0.25) is 9.59 Å². The van der Waals surface area contributed by atoms with E-state index in [4.69, 9.17) is 5.73 Å². The molecule has 3 rings (SSSR count). The summed E-state index contributed by atoms with van der Waals surface area (Å²) in [7, 11) is 0. The van der Waals surface area contributed by atoms with E-state index in [0.29, 0.717) is 36.7 Å². The van der Waals surface area contributed by atoms with Gasteiger partial charge in [0.1, 0.15) is 11.5 Å². The lowest BCUT2D eigenvalue weighted by Crippen LogP contribution is -2.39. The third-order valence-corrected chi connectivity index (χ3v) is 4.57. The molecule has 1 saturated heterocycles. The smallest absolute Gasteiger partial charge is 0.270 e. The summed E-state index contributed by atoms with van der Waals surface area (Å²) in [5, 5.41) is 0. The zero-order chi connectivity index (χ0) is 17.1. The number of nitrogens with two attached hydrogens (primary N) is 1. The highest BCUT2D eigenvalue weighted by atomic mass is 19.1. The molecule has 0 radical (unpaired) electrons. The van der Waals surface area contributed by atoms with Crippen LogP contribution in [0.1, 0.15) is 39.3 Å². The van der Waals surface area contributed by atoms with Crippen LogP contribution in [0.15, 0.2) is 36.5 Å². The number of hydrogen-bond acceptors (Lipinski definition) is 2. The van der Waals surface area contributed by atoms with Gasteiger partial charge in [-0.2, -0.15) is 0 Å². The van der Waals surface area contributed by atoms with Crippen LogP contribution >= 0.6 is 0 Å². The lowest BCUT2D eigenvalue weighted by molar-refractivity contribution is 0.0685. The molecule has 1 aromatic heterocycles. The summed E-state index contributed by atoms with van der Waals surface area (Å²) in [4.78, 5) is 28.1. The monoisotopic (exact) mass is 329 g/mol. The molecule has 3 N–H and O–H groups in total. The van der Waals surface area contributed by atoms with Crippen molar-refractivity contribution in [3.8, 4) is 0 Å². The highest BCUT2D eigenvalue weighted by molar-refractivity contribution is 5.98. The summed E-state index contributed by atoms with van der Waals surface area (Å²) < 4.78 is 13.7. The number of H-pyrrole nitrogens is 1. The summed E-state index contributed by atoms with van der Waals surface area (Å²) >= 11 is 0. The molecule has 2 amide bonds. The van der Waals surface area contributed by atoms with Gasteiger partial charge < -0.3 is 15.6 Å². The van der Waals surface area contributed by atoms with Crippen LogP contribution < -0.4 is 5.73 Å². The summed E-state index contributed by atoms with van der Waals surface area (Å²) in [5.74, 6) is -0.488. The Labute approximate surface area is 139 Å².